The number of rotatable bonds is 6. The summed E-state index contributed by atoms with van der Waals surface area (Å²) in [5.74, 6) is -7.15. The molecule has 1 atom stereocenters. The van der Waals surface area contributed by atoms with Gasteiger partial charge in [-0.25, -0.2) is 5.01 Å². The minimum Gasteiger partial charge on any atom is -0.369 e. The van der Waals surface area contributed by atoms with E-state index in [9.17, 15) is 23.2 Å². The first-order valence-corrected chi connectivity index (χ1v) is 12.5. The molecular formula is C28H20Cl2F2N4O3. The topological polar surface area (TPSA) is 109 Å². The summed E-state index contributed by atoms with van der Waals surface area (Å²) in [5.41, 5.74) is 6.89. The van der Waals surface area contributed by atoms with Gasteiger partial charge in [0.1, 0.15) is 0 Å². The summed E-state index contributed by atoms with van der Waals surface area (Å²) in [4.78, 5) is 40.6. The van der Waals surface area contributed by atoms with E-state index in [0.29, 0.717) is 42.6 Å². The third-order valence-corrected chi connectivity index (χ3v) is 6.93. The Morgan fingerprint density at radius 2 is 1.59 bits per heavy atom. The van der Waals surface area contributed by atoms with Gasteiger partial charge in [0, 0.05) is 32.9 Å². The highest BCUT2D eigenvalue weighted by Gasteiger charge is 2.48. The number of H-pyrrole nitrogens is 1. The summed E-state index contributed by atoms with van der Waals surface area (Å²) in [7, 11) is 0. The maximum Gasteiger partial charge on any atom is 0.335 e. The van der Waals surface area contributed by atoms with Crippen molar-refractivity contribution in [2.75, 3.05) is 0 Å². The molecule has 2 heterocycles. The van der Waals surface area contributed by atoms with E-state index in [-0.39, 0.29) is 17.7 Å². The van der Waals surface area contributed by atoms with E-state index in [2.05, 4.69) is 10.1 Å². The molecule has 198 valence electrons. The van der Waals surface area contributed by atoms with Crippen LogP contribution >= 0.6 is 23.2 Å². The number of aromatic nitrogens is 1. The number of hydrogen-bond donors (Lipinski definition) is 2. The number of carbonyl (C=O) groups is 2. The van der Waals surface area contributed by atoms with Crippen LogP contribution in [0, 0.1) is 0 Å². The molecular weight excluding hydrogens is 549 g/mol. The number of amides is 2. The van der Waals surface area contributed by atoms with Gasteiger partial charge >= 0.3 is 11.8 Å². The molecule has 11 heteroatoms. The van der Waals surface area contributed by atoms with Crippen molar-refractivity contribution >= 4 is 51.6 Å². The van der Waals surface area contributed by atoms with Gasteiger partial charge in [0.05, 0.1) is 23.7 Å². The number of hydrazone groups is 1. The SMILES string of the molecule is NC(=O)CC(F)(F)C(=O)N1N=C(c2c(-c3ccc(Cl)cc3)c3ccccc3[nH]c2=O)CC1c1ccc(Cl)cc1. The van der Waals surface area contributed by atoms with Gasteiger partial charge in [0.2, 0.25) is 5.91 Å². The Bertz CT molecular complexity index is 1690. The molecule has 1 aliphatic rings. The van der Waals surface area contributed by atoms with Gasteiger partial charge in [-0.3, -0.25) is 14.4 Å². The lowest BCUT2D eigenvalue weighted by Crippen LogP contribution is -2.43. The third-order valence-electron chi connectivity index (χ3n) is 6.43. The van der Waals surface area contributed by atoms with Crippen molar-refractivity contribution in [3.8, 4) is 11.1 Å². The van der Waals surface area contributed by atoms with Crippen LogP contribution in [0.3, 0.4) is 0 Å². The van der Waals surface area contributed by atoms with E-state index in [4.69, 9.17) is 28.9 Å². The molecule has 1 aromatic heterocycles. The molecule has 1 unspecified atom stereocenters. The maximum absolute atomic E-state index is 14.8. The quantitative estimate of drug-likeness (QED) is 0.312. The maximum atomic E-state index is 14.8. The van der Waals surface area contributed by atoms with E-state index in [0.717, 1.165) is 0 Å². The van der Waals surface area contributed by atoms with Crippen molar-refractivity contribution in [1.29, 1.82) is 0 Å². The number of fused-ring (bicyclic) bond motifs is 1. The predicted molar refractivity (Wildman–Crippen MR) is 146 cm³/mol. The fraction of sp³-hybridized carbons (Fsp3) is 0.143. The fourth-order valence-electron chi connectivity index (χ4n) is 4.69. The molecule has 2 amide bonds. The van der Waals surface area contributed by atoms with E-state index in [1.165, 1.54) is 0 Å². The third kappa shape index (κ3) is 5.15. The smallest absolute Gasteiger partial charge is 0.335 e. The molecule has 3 N–H and O–H groups in total. The van der Waals surface area contributed by atoms with Gasteiger partial charge < -0.3 is 10.7 Å². The van der Waals surface area contributed by atoms with Crippen LogP contribution in [0.4, 0.5) is 8.78 Å². The highest BCUT2D eigenvalue weighted by Crippen LogP contribution is 2.39. The molecule has 0 spiro atoms. The summed E-state index contributed by atoms with van der Waals surface area (Å²) in [6.45, 7) is 0. The van der Waals surface area contributed by atoms with Gasteiger partial charge in [-0.05, 0) is 41.5 Å². The molecule has 0 saturated heterocycles. The van der Waals surface area contributed by atoms with Crippen molar-refractivity contribution in [2.45, 2.75) is 24.8 Å². The number of pyridine rings is 1. The van der Waals surface area contributed by atoms with Crippen molar-refractivity contribution < 1.29 is 18.4 Å². The number of alkyl halides is 2. The van der Waals surface area contributed by atoms with E-state index >= 15 is 0 Å². The first-order valence-electron chi connectivity index (χ1n) is 11.8. The van der Waals surface area contributed by atoms with Crippen molar-refractivity contribution in [2.24, 2.45) is 10.8 Å². The summed E-state index contributed by atoms with van der Waals surface area (Å²) >= 11 is 12.1. The lowest BCUT2D eigenvalue weighted by molar-refractivity contribution is -0.162. The standard InChI is InChI=1S/C28H20Cl2F2N4O3/c29-17-9-5-15(6-10-17)22-13-21(35-36(22)27(39)28(31,32)14-23(33)37)25-24(16-7-11-18(30)12-8-16)19-3-1-2-4-20(19)34-26(25)38/h1-12,22H,13-14H2,(H2,33,37)(H,34,38). The molecule has 0 bridgehead atoms. The van der Waals surface area contributed by atoms with Crippen LogP contribution in [0.15, 0.2) is 82.7 Å². The Labute approximate surface area is 230 Å². The highest BCUT2D eigenvalue weighted by atomic mass is 35.5. The minimum atomic E-state index is -4.11. The van der Waals surface area contributed by atoms with Crippen molar-refractivity contribution in [3.05, 3.63) is 104 Å². The van der Waals surface area contributed by atoms with Crippen LogP contribution in [0.25, 0.3) is 22.0 Å². The number of para-hydroxylation sites is 1. The summed E-state index contributed by atoms with van der Waals surface area (Å²) in [5, 5.41) is 6.48. The van der Waals surface area contributed by atoms with Crippen molar-refractivity contribution in [3.63, 3.8) is 0 Å². The zero-order valence-electron chi connectivity index (χ0n) is 20.1. The number of nitrogens with one attached hydrogen (secondary N) is 1. The Kier molecular flexibility index (Phi) is 6.96. The molecule has 0 aliphatic carbocycles. The first kappa shape index (κ1) is 26.5. The van der Waals surface area contributed by atoms with Crippen LogP contribution in [0.2, 0.25) is 10.0 Å². The van der Waals surface area contributed by atoms with Gasteiger partial charge in [0.15, 0.2) is 0 Å². The molecule has 3 aromatic carbocycles. The molecule has 7 nitrogen and oxygen atoms in total. The zero-order chi connectivity index (χ0) is 27.9. The number of primary amides is 1. The second-order valence-corrected chi connectivity index (χ2v) is 9.94. The van der Waals surface area contributed by atoms with E-state index in [1.807, 2.05) is 6.07 Å². The van der Waals surface area contributed by atoms with Crippen molar-refractivity contribution in [1.82, 2.24) is 9.99 Å². The summed E-state index contributed by atoms with van der Waals surface area (Å²) in [6, 6.07) is 19.2. The van der Waals surface area contributed by atoms with Gasteiger partial charge in [-0.15, -0.1) is 0 Å². The number of hydrogen-bond acceptors (Lipinski definition) is 4. The number of aromatic amines is 1. The highest BCUT2D eigenvalue weighted by molar-refractivity contribution is 6.31. The molecule has 1 aliphatic heterocycles. The number of nitrogens with zero attached hydrogens (tertiary/aromatic N) is 2. The first-order chi connectivity index (χ1) is 18.5. The van der Waals surface area contributed by atoms with Crippen LogP contribution < -0.4 is 11.3 Å². The molecule has 39 heavy (non-hydrogen) atoms. The average molecular weight is 569 g/mol. The van der Waals surface area contributed by atoms with E-state index in [1.54, 1.807) is 66.7 Å². The zero-order valence-corrected chi connectivity index (χ0v) is 21.6. The largest absolute Gasteiger partial charge is 0.369 e. The monoisotopic (exact) mass is 568 g/mol. The van der Waals surface area contributed by atoms with Crippen LogP contribution in [0.5, 0.6) is 0 Å². The lowest BCUT2D eigenvalue weighted by atomic mass is 9.91. The molecule has 0 saturated carbocycles. The number of carbonyl (C=O) groups excluding carboxylic acids is 2. The van der Waals surface area contributed by atoms with E-state index < -0.39 is 35.8 Å². The predicted octanol–water partition coefficient (Wildman–Crippen LogP) is 5.69. The van der Waals surface area contributed by atoms with Gasteiger partial charge in [-0.2, -0.15) is 13.9 Å². The summed E-state index contributed by atoms with van der Waals surface area (Å²) < 4.78 is 29.6. The Morgan fingerprint density at radius 1 is 0.974 bits per heavy atom. The van der Waals surface area contributed by atoms with Crippen LogP contribution in [-0.4, -0.2) is 33.4 Å². The number of nitrogens with two attached hydrogens (primary N) is 1. The van der Waals surface area contributed by atoms with Crippen LogP contribution in [0.1, 0.15) is 30.0 Å². The normalized spacial score (nSPS) is 15.4. The number of benzene rings is 3. The van der Waals surface area contributed by atoms with Gasteiger partial charge in [0.25, 0.3) is 5.56 Å². The second-order valence-electron chi connectivity index (χ2n) is 9.07. The Balaban J connectivity index is 1.72. The minimum absolute atomic E-state index is 0.0535. The average Bonchev–Trinajstić information content (AvgIpc) is 3.32. The van der Waals surface area contributed by atoms with Gasteiger partial charge in [-0.1, -0.05) is 65.7 Å². The summed E-state index contributed by atoms with van der Waals surface area (Å²) in [6.07, 6.45) is -1.53. The molecule has 0 fully saturated rings. The number of halogens is 4. The Morgan fingerprint density at radius 3 is 2.23 bits per heavy atom. The fourth-order valence-corrected chi connectivity index (χ4v) is 4.94. The second kappa shape index (κ2) is 10.2. The molecule has 4 aromatic rings. The van der Waals surface area contributed by atoms with Crippen LogP contribution in [-0.2, 0) is 9.59 Å². The molecule has 0 radical (unpaired) electrons. The molecule has 5 rings (SSSR count). The Hall–Kier alpha value is -4.08. The lowest BCUT2D eigenvalue weighted by Gasteiger charge is -2.25.